The van der Waals surface area contributed by atoms with Crippen molar-refractivity contribution in [3.63, 3.8) is 0 Å². The van der Waals surface area contributed by atoms with Crippen LogP contribution in [-0.4, -0.2) is 93.4 Å². The number of nitrogens with zero attached hydrogens (tertiary/aromatic N) is 3. The topological polar surface area (TPSA) is 134 Å². The first-order chi connectivity index (χ1) is 19.7. The summed E-state index contributed by atoms with van der Waals surface area (Å²) in [4.78, 5) is 44.2. The number of likely N-dealkylation sites (tertiary alicyclic amines) is 1. The molecule has 2 aromatic carbocycles. The summed E-state index contributed by atoms with van der Waals surface area (Å²) in [7, 11) is -2.35. The van der Waals surface area contributed by atoms with E-state index >= 15 is 0 Å². The minimum Gasteiger partial charge on any atom is -0.507 e. The number of methoxy groups -OCH3 is 1. The normalized spacial score (nSPS) is 22.6. The first kappa shape index (κ1) is 28.9. The van der Waals surface area contributed by atoms with Crippen molar-refractivity contribution in [1.29, 1.82) is 0 Å². The Morgan fingerprint density at radius 3 is 2.37 bits per heavy atom. The van der Waals surface area contributed by atoms with Crippen molar-refractivity contribution in [1.82, 2.24) is 9.21 Å². The zero-order valence-corrected chi connectivity index (χ0v) is 23.9. The number of sulfonamides is 1. The number of unbranched alkanes of at least 4 members (excludes halogenated alkanes) is 1. The van der Waals surface area contributed by atoms with Gasteiger partial charge in [0, 0.05) is 44.4 Å². The van der Waals surface area contributed by atoms with Crippen LogP contribution in [0.5, 0.6) is 0 Å². The maximum Gasteiger partial charge on any atom is 0.296 e. The summed E-state index contributed by atoms with van der Waals surface area (Å²) in [6, 6.07) is 12.4. The van der Waals surface area contributed by atoms with Crippen LogP contribution in [0.2, 0.25) is 0 Å². The predicted molar refractivity (Wildman–Crippen MR) is 150 cm³/mol. The second kappa shape index (κ2) is 11.4. The first-order valence-electron chi connectivity index (χ1n) is 13.6. The molecule has 5 rings (SSSR count). The number of ketones is 1. The van der Waals surface area contributed by atoms with Gasteiger partial charge in [0.15, 0.2) is 5.54 Å². The van der Waals surface area contributed by atoms with Gasteiger partial charge in [-0.05, 0) is 36.8 Å². The quantitative estimate of drug-likeness (QED) is 0.270. The summed E-state index contributed by atoms with van der Waals surface area (Å²) in [5, 5.41) is 11.6. The summed E-state index contributed by atoms with van der Waals surface area (Å²) >= 11 is 0. The number of carbonyl (C=O) groups is 3. The fraction of sp³-hybridized carbons (Fsp3) is 0.414. The van der Waals surface area contributed by atoms with Crippen molar-refractivity contribution >= 4 is 39.1 Å². The van der Waals surface area contributed by atoms with Crippen LogP contribution in [0, 0.1) is 0 Å². The summed E-state index contributed by atoms with van der Waals surface area (Å²) in [5.74, 6) is -2.98. The largest absolute Gasteiger partial charge is 0.507 e. The summed E-state index contributed by atoms with van der Waals surface area (Å²) in [6.45, 7) is 3.42. The summed E-state index contributed by atoms with van der Waals surface area (Å²) < 4.78 is 38.0. The van der Waals surface area contributed by atoms with Crippen molar-refractivity contribution in [2.45, 2.75) is 30.2 Å². The Hall–Kier alpha value is -3.58. The number of Topliss-reactive ketones (excluding diaryl/α,β-unsaturated/α-hetero) is 1. The lowest BCUT2D eigenvalue weighted by Crippen LogP contribution is -2.52. The van der Waals surface area contributed by atoms with Crippen LogP contribution in [0.15, 0.2) is 59.0 Å². The molecule has 2 saturated heterocycles. The third-order valence-corrected chi connectivity index (χ3v) is 9.71. The molecule has 11 nitrogen and oxygen atoms in total. The van der Waals surface area contributed by atoms with E-state index in [1.54, 1.807) is 29.2 Å². The molecule has 41 heavy (non-hydrogen) atoms. The number of anilines is 1. The number of fused-ring (bicyclic) bond motifs is 2. The number of hydrogen-bond acceptors (Lipinski definition) is 8. The molecule has 1 spiro atoms. The van der Waals surface area contributed by atoms with Gasteiger partial charge in [-0.3, -0.25) is 14.4 Å². The molecule has 1 atom stereocenters. The van der Waals surface area contributed by atoms with E-state index in [9.17, 15) is 27.9 Å². The van der Waals surface area contributed by atoms with E-state index in [-0.39, 0.29) is 42.3 Å². The van der Waals surface area contributed by atoms with Crippen LogP contribution in [0.4, 0.5) is 5.69 Å². The van der Waals surface area contributed by atoms with Crippen LogP contribution in [0.1, 0.15) is 30.9 Å². The van der Waals surface area contributed by atoms with Gasteiger partial charge in [-0.25, -0.2) is 8.42 Å². The predicted octanol–water partition coefficient (Wildman–Crippen LogP) is 2.08. The number of ether oxygens (including phenoxy) is 2. The van der Waals surface area contributed by atoms with E-state index in [4.69, 9.17) is 9.47 Å². The molecule has 0 bridgehead atoms. The molecule has 0 aliphatic carbocycles. The Kier molecular flexibility index (Phi) is 8.02. The van der Waals surface area contributed by atoms with Crippen molar-refractivity contribution < 1.29 is 37.4 Å². The lowest BCUT2D eigenvalue weighted by atomic mass is 9.82. The molecule has 1 N–H and O–H groups in total. The number of carbonyl (C=O) groups excluding carboxylic acids is 3. The smallest absolute Gasteiger partial charge is 0.296 e. The van der Waals surface area contributed by atoms with E-state index in [0.717, 1.165) is 6.42 Å². The number of rotatable bonds is 9. The maximum absolute atomic E-state index is 14.4. The number of hydrogen-bond donors (Lipinski definition) is 1. The minimum atomic E-state index is -3.80. The van der Waals surface area contributed by atoms with E-state index in [1.807, 2.05) is 6.92 Å². The Labute approximate surface area is 239 Å². The molecule has 0 saturated carbocycles. The maximum atomic E-state index is 14.4. The Balaban J connectivity index is 1.66. The molecular weight excluding hydrogens is 550 g/mol. The van der Waals surface area contributed by atoms with Crippen LogP contribution < -0.4 is 4.90 Å². The van der Waals surface area contributed by atoms with Crippen molar-refractivity contribution in [2.24, 2.45) is 0 Å². The number of aliphatic hydroxyl groups excluding tert-OH is 1. The van der Waals surface area contributed by atoms with Gasteiger partial charge >= 0.3 is 0 Å². The Bertz CT molecular complexity index is 1500. The number of amides is 2. The van der Waals surface area contributed by atoms with Gasteiger partial charge < -0.3 is 24.4 Å². The monoisotopic (exact) mass is 583 g/mol. The molecule has 1 unspecified atom stereocenters. The highest BCUT2D eigenvalue weighted by molar-refractivity contribution is 7.89. The minimum absolute atomic E-state index is 0.0132. The summed E-state index contributed by atoms with van der Waals surface area (Å²) in [6.07, 6.45) is 1.51. The SMILES string of the molecule is CCCCN1C(=O)C2(/C(=C(/O)c3ccc(S(=O)(=O)N4CCOCC4)cc3)C(=O)C(=O)N2CCOC)c2ccccc21. The average molecular weight is 584 g/mol. The number of morpholine rings is 1. The van der Waals surface area contributed by atoms with Gasteiger partial charge in [0.05, 0.1) is 36.0 Å². The van der Waals surface area contributed by atoms with Crippen molar-refractivity contribution in [2.75, 3.05) is 58.0 Å². The van der Waals surface area contributed by atoms with Gasteiger partial charge in [0.25, 0.3) is 17.6 Å². The zero-order valence-electron chi connectivity index (χ0n) is 23.0. The Morgan fingerprint density at radius 1 is 1.02 bits per heavy atom. The van der Waals surface area contributed by atoms with Crippen molar-refractivity contribution in [3.8, 4) is 0 Å². The van der Waals surface area contributed by atoms with Crippen LogP contribution in [0.25, 0.3) is 5.76 Å². The fourth-order valence-electron chi connectivity index (χ4n) is 5.75. The van der Waals surface area contributed by atoms with Gasteiger partial charge in [-0.15, -0.1) is 0 Å². The molecule has 2 amide bonds. The summed E-state index contributed by atoms with van der Waals surface area (Å²) in [5.41, 5.74) is -1.15. The highest BCUT2D eigenvalue weighted by Crippen LogP contribution is 2.53. The number of para-hydroxylation sites is 1. The molecule has 3 aliphatic heterocycles. The van der Waals surface area contributed by atoms with E-state index in [2.05, 4.69) is 0 Å². The average Bonchev–Trinajstić information content (AvgIpc) is 3.37. The third kappa shape index (κ3) is 4.55. The zero-order chi connectivity index (χ0) is 29.4. The van der Waals surface area contributed by atoms with Gasteiger partial charge in [0.2, 0.25) is 10.0 Å². The van der Waals surface area contributed by atoms with Gasteiger partial charge in [0.1, 0.15) is 5.76 Å². The molecule has 12 heteroatoms. The molecule has 218 valence electrons. The number of benzene rings is 2. The highest BCUT2D eigenvalue weighted by Gasteiger charge is 2.66. The molecule has 0 radical (unpaired) electrons. The number of aliphatic hydroxyl groups is 1. The van der Waals surface area contributed by atoms with E-state index in [0.29, 0.717) is 37.4 Å². The van der Waals surface area contributed by atoms with Gasteiger partial charge in [-0.1, -0.05) is 31.5 Å². The molecule has 2 aromatic rings. The third-order valence-electron chi connectivity index (χ3n) is 7.80. The first-order valence-corrected chi connectivity index (χ1v) is 15.0. The van der Waals surface area contributed by atoms with Crippen LogP contribution in [0.3, 0.4) is 0 Å². The molecule has 0 aromatic heterocycles. The van der Waals surface area contributed by atoms with E-state index in [1.165, 1.54) is 40.6 Å². The second-order valence-corrected chi connectivity index (χ2v) is 12.0. The molecule has 3 aliphatic rings. The molecular formula is C29H33N3O8S. The molecule has 3 heterocycles. The molecule has 2 fully saturated rings. The van der Waals surface area contributed by atoms with E-state index < -0.39 is 38.9 Å². The Morgan fingerprint density at radius 2 is 1.71 bits per heavy atom. The lowest BCUT2D eigenvalue weighted by Gasteiger charge is -2.34. The standard InChI is InChI=1S/C29H33N3O8S/c1-3-4-13-31-23-8-6-5-7-22(23)29(28(31)36)24(26(34)27(35)32(29)16-17-39-2)25(33)20-9-11-21(12-10-20)41(37,38)30-14-18-40-19-15-30/h5-12,33H,3-4,13-19H2,1-2H3/b25-24+. The highest BCUT2D eigenvalue weighted by atomic mass is 32.2. The van der Waals surface area contributed by atoms with Gasteiger partial charge in [-0.2, -0.15) is 4.31 Å². The van der Waals surface area contributed by atoms with Crippen molar-refractivity contribution in [3.05, 3.63) is 65.2 Å². The van der Waals surface area contributed by atoms with Crippen LogP contribution >= 0.6 is 0 Å². The fourth-order valence-corrected chi connectivity index (χ4v) is 7.16. The second-order valence-electron chi connectivity index (χ2n) is 10.1. The lowest BCUT2D eigenvalue weighted by molar-refractivity contribution is -0.144. The van der Waals surface area contributed by atoms with Crippen LogP contribution in [-0.2, 0) is 39.4 Å².